The molecule has 2 heterocycles. The molecule has 0 amide bonds. The highest BCUT2D eigenvalue weighted by atomic mass is 35.5. The third-order valence-corrected chi connectivity index (χ3v) is 10.00. The summed E-state index contributed by atoms with van der Waals surface area (Å²) in [6.07, 6.45) is 4.71. The van der Waals surface area contributed by atoms with Crippen LogP contribution in [0.15, 0.2) is 35.2 Å². The molecule has 4 nitrogen and oxygen atoms in total. The molecule has 0 saturated carbocycles. The van der Waals surface area contributed by atoms with Crippen molar-refractivity contribution >= 4 is 31.5 Å². The summed E-state index contributed by atoms with van der Waals surface area (Å²) < 4.78 is 12.1. The Morgan fingerprint density at radius 2 is 1.80 bits per heavy atom. The molecule has 2 aromatic rings. The van der Waals surface area contributed by atoms with Gasteiger partial charge < -0.3 is 14.2 Å². The van der Waals surface area contributed by atoms with Crippen molar-refractivity contribution in [1.82, 2.24) is 10.3 Å². The highest BCUT2D eigenvalue weighted by Crippen LogP contribution is 2.36. The third-order valence-electron chi connectivity index (χ3n) is 4.75. The summed E-state index contributed by atoms with van der Waals surface area (Å²) in [6, 6.07) is 7.02. The SMILES string of the molecule is CC[Si](CC)(CC)OC(CNCc1ccco1)c1c(Cl)cncc1Cl. The lowest BCUT2D eigenvalue weighted by molar-refractivity contribution is 0.185. The van der Waals surface area contributed by atoms with E-state index in [-0.39, 0.29) is 6.10 Å². The van der Waals surface area contributed by atoms with Crippen molar-refractivity contribution < 1.29 is 8.84 Å². The molecular weight excluding hydrogens is 375 g/mol. The van der Waals surface area contributed by atoms with Crippen molar-refractivity contribution in [2.45, 2.75) is 51.6 Å². The maximum absolute atomic E-state index is 6.70. The van der Waals surface area contributed by atoms with Crippen molar-refractivity contribution in [2.75, 3.05) is 6.54 Å². The molecule has 2 aromatic heterocycles. The lowest BCUT2D eigenvalue weighted by Crippen LogP contribution is -2.40. The zero-order valence-electron chi connectivity index (χ0n) is 15.0. The van der Waals surface area contributed by atoms with Gasteiger partial charge in [0.2, 0.25) is 0 Å². The number of nitrogens with zero attached hydrogens (tertiary/aromatic N) is 1. The van der Waals surface area contributed by atoms with Gasteiger partial charge in [-0.2, -0.15) is 0 Å². The Morgan fingerprint density at radius 1 is 1.16 bits per heavy atom. The molecule has 0 aromatic carbocycles. The second-order valence-electron chi connectivity index (χ2n) is 6.08. The Morgan fingerprint density at radius 3 is 2.32 bits per heavy atom. The highest BCUT2D eigenvalue weighted by molar-refractivity contribution is 6.73. The molecule has 1 N–H and O–H groups in total. The van der Waals surface area contributed by atoms with E-state index in [0.29, 0.717) is 23.1 Å². The van der Waals surface area contributed by atoms with Crippen molar-refractivity contribution in [3.8, 4) is 0 Å². The Hall–Kier alpha value is -0.853. The van der Waals surface area contributed by atoms with Crippen LogP contribution in [0.25, 0.3) is 0 Å². The number of hydrogen-bond donors (Lipinski definition) is 1. The van der Waals surface area contributed by atoms with Crippen LogP contribution in [0.1, 0.15) is 38.2 Å². The molecule has 1 atom stereocenters. The van der Waals surface area contributed by atoms with Crippen molar-refractivity contribution in [2.24, 2.45) is 0 Å². The van der Waals surface area contributed by atoms with Crippen LogP contribution in [0.5, 0.6) is 0 Å². The van der Waals surface area contributed by atoms with Gasteiger partial charge in [-0.1, -0.05) is 44.0 Å². The predicted octanol–water partition coefficient (Wildman–Crippen LogP) is 5.83. The summed E-state index contributed by atoms with van der Waals surface area (Å²) in [5.74, 6) is 0.885. The first-order valence-corrected chi connectivity index (χ1v) is 12.0. The van der Waals surface area contributed by atoms with E-state index >= 15 is 0 Å². The zero-order chi connectivity index (χ0) is 18.3. The number of pyridine rings is 1. The van der Waals surface area contributed by atoms with E-state index < -0.39 is 8.32 Å². The Labute approximate surface area is 161 Å². The number of furan rings is 1. The van der Waals surface area contributed by atoms with Crippen LogP contribution in [-0.2, 0) is 11.0 Å². The lowest BCUT2D eigenvalue weighted by Gasteiger charge is -2.34. The van der Waals surface area contributed by atoms with Gasteiger partial charge in [0.05, 0.1) is 29.0 Å². The van der Waals surface area contributed by atoms with Gasteiger partial charge in [0.1, 0.15) is 5.76 Å². The molecule has 7 heteroatoms. The maximum Gasteiger partial charge on any atom is 0.192 e. The largest absolute Gasteiger partial charge is 0.468 e. The van der Waals surface area contributed by atoms with Crippen LogP contribution in [0.3, 0.4) is 0 Å². The van der Waals surface area contributed by atoms with E-state index in [1.807, 2.05) is 12.1 Å². The van der Waals surface area contributed by atoms with Gasteiger partial charge in [0.15, 0.2) is 8.32 Å². The quantitative estimate of drug-likeness (QED) is 0.509. The van der Waals surface area contributed by atoms with Crippen molar-refractivity contribution in [3.63, 3.8) is 0 Å². The normalized spacial score (nSPS) is 13.2. The van der Waals surface area contributed by atoms with Crippen molar-refractivity contribution in [1.29, 1.82) is 0 Å². The first kappa shape index (κ1) is 20.5. The van der Waals surface area contributed by atoms with E-state index in [0.717, 1.165) is 29.5 Å². The number of aromatic nitrogens is 1. The summed E-state index contributed by atoms with van der Waals surface area (Å²) in [5, 5.41) is 4.49. The molecule has 0 spiro atoms. The Bertz CT molecular complexity index is 620. The fraction of sp³-hybridized carbons (Fsp3) is 0.500. The Balaban J connectivity index is 2.21. The molecule has 0 saturated heterocycles. The Kier molecular flexibility index (Phi) is 7.97. The van der Waals surface area contributed by atoms with Crippen LogP contribution >= 0.6 is 23.2 Å². The van der Waals surface area contributed by atoms with Gasteiger partial charge in [-0.25, -0.2) is 0 Å². The number of nitrogens with one attached hydrogen (secondary N) is 1. The predicted molar refractivity (Wildman–Crippen MR) is 106 cm³/mol. The van der Waals surface area contributed by atoms with Gasteiger partial charge in [-0.05, 0) is 30.3 Å². The summed E-state index contributed by atoms with van der Waals surface area (Å²) in [6.45, 7) is 7.87. The fourth-order valence-electron chi connectivity index (χ4n) is 2.97. The standard InChI is InChI=1S/C18H26Cl2N2O2Si/c1-4-25(5-2,6-3)24-17(13-21-10-14-8-7-9-23-14)18-15(19)11-22-12-16(18)20/h7-9,11-12,17,21H,4-6,10,13H2,1-3H3. The van der Waals surface area contributed by atoms with Gasteiger partial charge in [-0.15, -0.1) is 0 Å². The van der Waals surface area contributed by atoms with E-state index in [4.69, 9.17) is 32.0 Å². The molecule has 1 unspecified atom stereocenters. The molecule has 0 aliphatic carbocycles. The lowest BCUT2D eigenvalue weighted by atomic mass is 10.1. The zero-order valence-corrected chi connectivity index (χ0v) is 17.5. The van der Waals surface area contributed by atoms with Crippen LogP contribution in [-0.4, -0.2) is 19.8 Å². The molecule has 0 aliphatic rings. The minimum Gasteiger partial charge on any atom is -0.468 e. The first-order valence-electron chi connectivity index (χ1n) is 8.75. The summed E-state index contributed by atoms with van der Waals surface area (Å²) in [4.78, 5) is 4.06. The van der Waals surface area contributed by atoms with E-state index in [1.165, 1.54) is 0 Å². The smallest absolute Gasteiger partial charge is 0.192 e. The fourth-order valence-corrected chi connectivity index (χ4v) is 6.39. The average molecular weight is 401 g/mol. The molecule has 0 aliphatic heterocycles. The molecule has 2 rings (SSSR count). The van der Waals surface area contributed by atoms with E-state index in [1.54, 1.807) is 18.7 Å². The molecular formula is C18H26Cl2N2O2Si. The summed E-state index contributed by atoms with van der Waals surface area (Å²) in [5.41, 5.74) is 0.817. The van der Waals surface area contributed by atoms with Crippen molar-refractivity contribution in [3.05, 3.63) is 52.2 Å². The van der Waals surface area contributed by atoms with Crippen LogP contribution in [0, 0.1) is 0 Å². The van der Waals surface area contributed by atoms with Crippen LogP contribution in [0.4, 0.5) is 0 Å². The molecule has 25 heavy (non-hydrogen) atoms. The highest BCUT2D eigenvalue weighted by Gasteiger charge is 2.34. The summed E-state index contributed by atoms with van der Waals surface area (Å²) >= 11 is 12.8. The van der Waals surface area contributed by atoms with E-state index in [9.17, 15) is 0 Å². The van der Waals surface area contributed by atoms with Gasteiger partial charge >= 0.3 is 0 Å². The molecule has 138 valence electrons. The van der Waals surface area contributed by atoms with Crippen LogP contribution < -0.4 is 5.32 Å². The minimum absolute atomic E-state index is 0.204. The third kappa shape index (κ3) is 5.31. The number of rotatable bonds is 10. The second-order valence-corrected chi connectivity index (χ2v) is 11.6. The topological polar surface area (TPSA) is 47.3 Å². The van der Waals surface area contributed by atoms with Gasteiger partial charge in [0.25, 0.3) is 0 Å². The number of hydrogen-bond acceptors (Lipinski definition) is 4. The van der Waals surface area contributed by atoms with E-state index in [2.05, 4.69) is 31.1 Å². The molecule has 0 bridgehead atoms. The van der Waals surface area contributed by atoms with Gasteiger partial charge in [0, 0.05) is 24.5 Å². The molecule has 0 fully saturated rings. The van der Waals surface area contributed by atoms with Crippen LogP contribution in [0.2, 0.25) is 28.2 Å². The first-order chi connectivity index (χ1) is 12.0. The second kappa shape index (κ2) is 9.74. The number of halogens is 2. The maximum atomic E-state index is 6.70. The molecule has 0 radical (unpaired) electrons. The average Bonchev–Trinajstić information content (AvgIpc) is 3.12. The van der Waals surface area contributed by atoms with Gasteiger partial charge in [-0.3, -0.25) is 4.98 Å². The monoisotopic (exact) mass is 400 g/mol. The summed E-state index contributed by atoms with van der Waals surface area (Å²) in [7, 11) is -1.83. The minimum atomic E-state index is -1.83.